The molecule has 0 saturated heterocycles. The third kappa shape index (κ3) is 2.29. The van der Waals surface area contributed by atoms with Crippen molar-refractivity contribution in [1.82, 2.24) is 25.0 Å². The number of anilines is 1. The van der Waals surface area contributed by atoms with Crippen LogP contribution in [0.4, 0.5) is 5.82 Å². The summed E-state index contributed by atoms with van der Waals surface area (Å²) in [4.78, 5) is 6.08. The lowest BCUT2D eigenvalue weighted by Crippen LogP contribution is -2.29. The number of fused-ring (bicyclic) bond motifs is 1. The van der Waals surface area contributed by atoms with Gasteiger partial charge in [0, 0.05) is 19.5 Å². The molecule has 0 bridgehead atoms. The fourth-order valence-electron chi connectivity index (χ4n) is 1.61. The van der Waals surface area contributed by atoms with Gasteiger partial charge in [-0.1, -0.05) is 5.16 Å². The van der Waals surface area contributed by atoms with Gasteiger partial charge >= 0.3 is 0 Å². The minimum Gasteiger partial charge on any atom is -0.409 e. The summed E-state index contributed by atoms with van der Waals surface area (Å²) >= 11 is 0. The number of aromatic nitrogens is 5. The molecule has 96 valence electrons. The van der Waals surface area contributed by atoms with Gasteiger partial charge in [0.25, 0.3) is 0 Å². The average Bonchev–Trinajstić information content (AvgIpc) is 2.88. The molecule has 0 unspecified atom stereocenters. The fourth-order valence-corrected chi connectivity index (χ4v) is 1.61. The van der Waals surface area contributed by atoms with Gasteiger partial charge in [-0.2, -0.15) is 4.52 Å². The molecule has 0 radical (unpaired) electrons. The largest absolute Gasteiger partial charge is 0.409 e. The van der Waals surface area contributed by atoms with E-state index in [0.29, 0.717) is 18.6 Å². The molecule has 0 atom stereocenters. The molecule has 2 aromatic rings. The van der Waals surface area contributed by atoms with Crippen LogP contribution < -0.4 is 10.6 Å². The fraction of sp³-hybridized carbons (Fsp3) is 0.444. The van der Waals surface area contributed by atoms with Crippen LogP contribution in [0.3, 0.4) is 0 Å². The zero-order chi connectivity index (χ0) is 13.0. The van der Waals surface area contributed by atoms with E-state index in [1.165, 1.54) is 0 Å². The summed E-state index contributed by atoms with van der Waals surface area (Å²) in [6, 6.07) is 0. The number of oxime groups is 1. The first-order valence-corrected chi connectivity index (χ1v) is 5.49. The summed E-state index contributed by atoms with van der Waals surface area (Å²) in [5.74, 6) is 0.955. The van der Waals surface area contributed by atoms with Crippen LogP contribution in [0.15, 0.2) is 17.5 Å². The number of amidine groups is 1. The van der Waals surface area contributed by atoms with Crippen molar-refractivity contribution in [2.75, 3.05) is 18.0 Å². The molecular weight excluding hydrogens is 236 g/mol. The van der Waals surface area contributed by atoms with Crippen LogP contribution in [0.2, 0.25) is 0 Å². The van der Waals surface area contributed by atoms with Gasteiger partial charge in [-0.3, -0.25) is 4.98 Å². The summed E-state index contributed by atoms with van der Waals surface area (Å²) in [6.45, 7) is 3.32. The minimum atomic E-state index is 0.185. The number of rotatable bonds is 5. The maximum absolute atomic E-state index is 8.52. The molecule has 2 rings (SSSR count). The molecule has 0 saturated carbocycles. The van der Waals surface area contributed by atoms with Gasteiger partial charge in [0.1, 0.15) is 5.84 Å². The van der Waals surface area contributed by atoms with E-state index >= 15 is 0 Å². The predicted octanol–water partition coefficient (Wildman–Crippen LogP) is -0.518. The predicted molar refractivity (Wildman–Crippen MR) is 64.5 cm³/mol. The molecule has 0 amide bonds. The van der Waals surface area contributed by atoms with Crippen LogP contribution in [0.5, 0.6) is 0 Å². The second-order valence-corrected chi connectivity index (χ2v) is 3.64. The van der Waals surface area contributed by atoms with Crippen molar-refractivity contribution >= 4 is 17.3 Å². The summed E-state index contributed by atoms with van der Waals surface area (Å²) in [5.41, 5.74) is 6.04. The van der Waals surface area contributed by atoms with Crippen LogP contribution in [0, 0.1) is 0 Å². The van der Waals surface area contributed by atoms with E-state index in [1.807, 2.05) is 11.8 Å². The Hall–Kier alpha value is -2.45. The van der Waals surface area contributed by atoms with Crippen LogP contribution >= 0.6 is 0 Å². The lowest BCUT2D eigenvalue weighted by molar-refractivity contribution is 0.317. The van der Waals surface area contributed by atoms with Crippen LogP contribution in [0.25, 0.3) is 5.65 Å². The number of nitrogens with two attached hydrogens (primary N) is 1. The van der Waals surface area contributed by atoms with Crippen molar-refractivity contribution in [3.8, 4) is 0 Å². The Balaban J connectivity index is 2.24. The molecule has 9 nitrogen and oxygen atoms in total. The Morgan fingerprint density at radius 3 is 3.11 bits per heavy atom. The van der Waals surface area contributed by atoms with Crippen LogP contribution in [0.1, 0.15) is 13.3 Å². The van der Waals surface area contributed by atoms with Crippen LogP contribution in [-0.2, 0) is 0 Å². The van der Waals surface area contributed by atoms with Crippen molar-refractivity contribution < 1.29 is 5.21 Å². The minimum absolute atomic E-state index is 0.185. The van der Waals surface area contributed by atoms with Gasteiger partial charge in [0.05, 0.1) is 12.4 Å². The first-order chi connectivity index (χ1) is 8.76. The van der Waals surface area contributed by atoms with Gasteiger partial charge in [0.15, 0.2) is 11.5 Å². The monoisotopic (exact) mass is 250 g/mol. The highest BCUT2D eigenvalue weighted by atomic mass is 16.4. The van der Waals surface area contributed by atoms with Gasteiger partial charge in [0.2, 0.25) is 0 Å². The standard InChI is InChI=1S/C9H14N8O/c1-2-16(4-3-7(10)13-18)9-6-11-5-8-12-14-15-17(8)9/h5-6,18H,2-4H2,1H3,(H2,10,13). The molecule has 0 aliphatic heterocycles. The molecule has 2 aromatic heterocycles. The summed E-state index contributed by atoms with van der Waals surface area (Å²) in [5, 5.41) is 22.8. The molecule has 0 spiro atoms. The van der Waals surface area contributed by atoms with Crippen molar-refractivity contribution in [2.45, 2.75) is 13.3 Å². The third-order valence-electron chi connectivity index (χ3n) is 2.56. The van der Waals surface area contributed by atoms with E-state index in [9.17, 15) is 0 Å². The zero-order valence-electron chi connectivity index (χ0n) is 9.93. The van der Waals surface area contributed by atoms with Gasteiger partial charge < -0.3 is 15.8 Å². The SMILES string of the molecule is CCN(CCC(N)=NO)c1cncc2nnnn12. The molecule has 0 aromatic carbocycles. The summed E-state index contributed by atoms with van der Waals surface area (Å²) in [6.07, 6.45) is 3.71. The normalized spacial score (nSPS) is 11.9. The second kappa shape index (κ2) is 5.25. The van der Waals surface area contributed by atoms with E-state index in [-0.39, 0.29) is 5.84 Å². The van der Waals surface area contributed by atoms with E-state index in [2.05, 4.69) is 25.7 Å². The van der Waals surface area contributed by atoms with Crippen molar-refractivity contribution in [1.29, 1.82) is 0 Å². The average molecular weight is 250 g/mol. The van der Waals surface area contributed by atoms with E-state index < -0.39 is 0 Å². The van der Waals surface area contributed by atoms with Gasteiger partial charge in [-0.05, 0) is 17.4 Å². The van der Waals surface area contributed by atoms with E-state index in [0.717, 1.165) is 12.4 Å². The molecule has 0 aliphatic carbocycles. The molecule has 0 aliphatic rings. The quantitative estimate of drug-likeness (QED) is 0.317. The maximum Gasteiger partial charge on any atom is 0.199 e. The molecule has 18 heavy (non-hydrogen) atoms. The van der Waals surface area contributed by atoms with E-state index in [4.69, 9.17) is 10.9 Å². The summed E-state index contributed by atoms with van der Waals surface area (Å²) < 4.78 is 1.60. The lowest BCUT2D eigenvalue weighted by atomic mass is 10.3. The van der Waals surface area contributed by atoms with Gasteiger partial charge in [-0.25, -0.2) is 0 Å². The van der Waals surface area contributed by atoms with Crippen molar-refractivity contribution in [2.24, 2.45) is 10.9 Å². The molecule has 3 N–H and O–H groups in total. The maximum atomic E-state index is 8.52. The Morgan fingerprint density at radius 1 is 1.56 bits per heavy atom. The lowest BCUT2D eigenvalue weighted by Gasteiger charge is -2.22. The first kappa shape index (κ1) is 12.0. The Kier molecular flexibility index (Phi) is 3.51. The number of hydrogen-bond donors (Lipinski definition) is 2. The summed E-state index contributed by atoms with van der Waals surface area (Å²) in [7, 11) is 0. The smallest absolute Gasteiger partial charge is 0.199 e. The van der Waals surface area contributed by atoms with Crippen molar-refractivity contribution in [3.05, 3.63) is 12.4 Å². The highest BCUT2D eigenvalue weighted by molar-refractivity contribution is 5.80. The number of hydrogen-bond acceptors (Lipinski definition) is 7. The van der Waals surface area contributed by atoms with Gasteiger partial charge in [-0.15, -0.1) is 5.10 Å². The Bertz CT molecular complexity index is 550. The number of nitrogens with zero attached hydrogens (tertiary/aromatic N) is 7. The topological polar surface area (TPSA) is 118 Å². The molecular formula is C9H14N8O. The molecule has 0 fully saturated rings. The number of tetrazole rings is 1. The Morgan fingerprint density at radius 2 is 2.39 bits per heavy atom. The van der Waals surface area contributed by atoms with Crippen LogP contribution in [-0.4, -0.2) is 49.2 Å². The Labute approximate surface area is 103 Å². The highest BCUT2D eigenvalue weighted by Gasteiger charge is 2.11. The second-order valence-electron chi connectivity index (χ2n) is 3.64. The van der Waals surface area contributed by atoms with E-state index in [1.54, 1.807) is 16.9 Å². The van der Waals surface area contributed by atoms with Crippen molar-refractivity contribution in [3.63, 3.8) is 0 Å². The molecule has 2 heterocycles. The zero-order valence-corrected chi connectivity index (χ0v) is 9.93. The highest BCUT2D eigenvalue weighted by Crippen LogP contribution is 2.12. The first-order valence-electron chi connectivity index (χ1n) is 5.49. The third-order valence-corrected chi connectivity index (χ3v) is 2.56. The molecule has 9 heteroatoms.